The van der Waals surface area contributed by atoms with Crippen molar-refractivity contribution in [2.75, 3.05) is 6.54 Å². The second kappa shape index (κ2) is 10.4. The monoisotopic (exact) mass is 482 g/mol. The number of ether oxygens (including phenoxy) is 1. The van der Waals surface area contributed by atoms with Crippen molar-refractivity contribution < 1.29 is 22.3 Å². The van der Waals surface area contributed by atoms with E-state index in [9.17, 15) is 17.6 Å². The number of sulfone groups is 1. The fourth-order valence-corrected chi connectivity index (χ4v) is 5.55. The van der Waals surface area contributed by atoms with Gasteiger partial charge < -0.3 is 15.4 Å². The molecule has 1 heterocycles. The number of halogens is 1. The summed E-state index contributed by atoms with van der Waals surface area (Å²) >= 11 is 0. The topological polar surface area (TPSA) is 84.5 Å². The molecule has 178 valence electrons. The van der Waals surface area contributed by atoms with Crippen LogP contribution in [0.4, 0.5) is 4.39 Å². The van der Waals surface area contributed by atoms with Crippen LogP contribution >= 0.6 is 0 Å². The molecule has 1 saturated heterocycles. The molecule has 8 heteroatoms. The summed E-state index contributed by atoms with van der Waals surface area (Å²) in [5, 5.41) is 4.43. The number of nitrogens with one attached hydrogen (secondary N) is 2. The average molecular weight is 483 g/mol. The van der Waals surface area contributed by atoms with Crippen LogP contribution in [0.25, 0.3) is 0 Å². The minimum Gasteiger partial charge on any atom is -0.486 e. The number of carbonyl (C=O) groups is 1. The lowest BCUT2D eigenvalue weighted by molar-refractivity contribution is -0.123. The molecule has 1 aliphatic heterocycles. The zero-order valence-electron chi connectivity index (χ0n) is 18.8. The standard InChI is InChI=1S/C26H27FN2O4S/c1-18(19-7-3-2-4-8-19)33-22-10-5-9-20(17-22)26(29-25(30)24-11-6-16-28-24)34(31,32)23-14-12-21(27)13-15-23/h2-5,7-10,12-15,17-18,24,26,28H,6,11,16H2,1H3,(H,29,30)/t18-,24?,26+/m1/s1. The van der Waals surface area contributed by atoms with Crippen molar-refractivity contribution >= 4 is 15.7 Å². The third-order valence-corrected chi connectivity index (χ3v) is 7.79. The summed E-state index contributed by atoms with van der Waals surface area (Å²) in [5.74, 6) is -0.460. The molecule has 0 aliphatic carbocycles. The van der Waals surface area contributed by atoms with Crippen LogP contribution in [0, 0.1) is 5.82 Å². The Balaban J connectivity index is 1.66. The fourth-order valence-electron chi connectivity index (χ4n) is 3.99. The molecule has 0 bridgehead atoms. The van der Waals surface area contributed by atoms with E-state index in [1.807, 2.05) is 37.3 Å². The van der Waals surface area contributed by atoms with Crippen molar-refractivity contribution in [1.82, 2.24) is 10.6 Å². The smallest absolute Gasteiger partial charge is 0.238 e. The largest absolute Gasteiger partial charge is 0.486 e. The molecule has 1 amide bonds. The summed E-state index contributed by atoms with van der Waals surface area (Å²) in [5.41, 5.74) is 1.33. The first-order chi connectivity index (χ1) is 16.3. The number of carbonyl (C=O) groups excluding carboxylic acids is 1. The van der Waals surface area contributed by atoms with E-state index >= 15 is 0 Å². The zero-order chi connectivity index (χ0) is 24.1. The van der Waals surface area contributed by atoms with Crippen molar-refractivity contribution in [2.24, 2.45) is 0 Å². The predicted octanol–water partition coefficient (Wildman–Crippen LogP) is 4.31. The first kappa shape index (κ1) is 23.9. The fraction of sp³-hybridized carbons (Fsp3) is 0.269. The van der Waals surface area contributed by atoms with E-state index in [2.05, 4.69) is 10.6 Å². The molecule has 6 nitrogen and oxygen atoms in total. The van der Waals surface area contributed by atoms with E-state index < -0.39 is 33.0 Å². The van der Waals surface area contributed by atoms with Crippen LogP contribution in [0.15, 0.2) is 83.8 Å². The molecule has 1 aliphatic rings. The second-order valence-corrected chi connectivity index (χ2v) is 10.3. The Kier molecular flexibility index (Phi) is 7.29. The minimum atomic E-state index is -4.07. The van der Waals surface area contributed by atoms with Gasteiger partial charge in [-0.2, -0.15) is 0 Å². The van der Waals surface area contributed by atoms with Gasteiger partial charge in [-0.1, -0.05) is 42.5 Å². The van der Waals surface area contributed by atoms with Gasteiger partial charge in [-0.3, -0.25) is 4.79 Å². The van der Waals surface area contributed by atoms with Crippen molar-refractivity contribution in [2.45, 2.75) is 42.2 Å². The minimum absolute atomic E-state index is 0.0810. The lowest BCUT2D eigenvalue weighted by Gasteiger charge is -2.23. The van der Waals surface area contributed by atoms with Crippen LogP contribution < -0.4 is 15.4 Å². The van der Waals surface area contributed by atoms with Crippen molar-refractivity contribution in [3.05, 3.63) is 95.8 Å². The highest BCUT2D eigenvalue weighted by Crippen LogP contribution is 2.31. The van der Waals surface area contributed by atoms with Crippen LogP contribution in [-0.2, 0) is 14.6 Å². The molecule has 0 spiro atoms. The summed E-state index contributed by atoms with van der Waals surface area (Å²) in [6, 6.07) is 20.5. The van der Waals surface area contributed by atoms with Gasteiger partial charge >= 0.3 is 0 Å². The highest BCUT2D eigenvalue weighted by Gasteiger charge is 2.34. The molecule has 1 unspecified atom stereocenters. The summed E-state index contributed by atoms with van der Waals surface area (Å²) in [4.78, 5) is 12.8. The zero-order valence-corrected chi connectivity index (χ0v) is 19.6. The summed E-state index contributed by atoms with van der Waals surface area (Å²) in [7, 11) is -4.07. The number of rotatable bonds is 8. The molecule has 3 aromatic rings. The van der Waals surface area contributed by atoms with Gasteiger partial charge in [0.15, 0.2) is 5.37 Å². The van der Waals surface area contributed by atoms with Gasteiger partial charge in [0.2, 0.25) is 15.7 Å². The van der Waals surface area contributed by atoms with E-state index in [1.54, 1.807) is 24.3 Å². The van der Waals surface area contributed by atoms with Crippen LogP contribution in [0.3, 0.4) is 0 Å². The molecule has 1 fully saturated rings. The lowest BCUT2D eigenvalue weighted by Crippen LogP contribution is -2.44. The van der Waals surface area contributed by atoms with E-state index in [-0.39, 0.29) is 11.0 Å². The van der Waals surface area contributed by atoms with Gasteiger partial charge in [0.1, 0.15) is 17.7 Å². The number of hydrogen-bond donors (Lipinski definition) is 2. The highest BCUT2D eigenvalue weighted by atomic mass is 32.2. The van der Waals surface area contributed by atoms with Gasteiger partial charge in [0.05, 0.1) is 10.9 Å². The molecule has 4 rings (SSSR count). The maximum Gasteiger partial charge on any atom is 0.238 e. The predicted molar refractivity (Wildman–Crippen MR) is 127 cm³/mol. The molecule has 0 saturated carbocycles. The van der Waals surface area contributed by atoms with Gasteiger partial charge in [-0.05, 0) is 73.8 Å². The Labute approximate surface area is 199 Å². The third-order valence-electron chi connectivity index (χ3n) is 5.85. The van der Waals surface area contributed by atoms with E-state index in [4.69, 9.17) is 4.74 Å². The molecular weight excluding hydrogens is 455 g/mol. The summed E-state index contributed by atoms with van der Waals surface area (Å²) < 4.78 is 46.6. The number of hydrogen-bond acceptors (Lipinski definition) is 5. The highest BCUT2D eigenvalue weighted by molar-refractivity contribution is 7.91. The van der Waals surface area contributed by atoms with Crippen LogP contribution in [-0.4, -0.2) is 26.9 Å². The van der Waals surface area contributed by atoms with Crippen LogP contribution in [0.2, 0.25) is 0 Å². The maximum atomic E-state index is 13.6. The quantitative estimate of drug-likeness (QED) is 0.468. The van der Waals surface area contributed by atoms with E-state index in [1.165, 1.54) is 12.1 Å². The Hall–Kier alpha value is -3.23. The van der Waals surface area contributed by atoms with Gasteiger partial charge in [-0.15, -0.1) is 0 Å². The van der Waals surface area contributed by atoms with Crippen molar-refractivity contribution in [3.8, 4) is 5.75 Å². The van der Waals surface area contributed by atoms with E-state index in [0.717, 1.165) is 24.1 Å². The molecule has 0 radical (unpaired) electrons. The summed E-state index contributed by atoms with van der Waals surface area (Å²) in [6.07, 6.45) is 1.21. The Bertz CT molecular complexity index is 1230. The molecule has 3 atom stereocenters. The van der Waals surface area contributed by atoms with Gasteiger partial charge in [0, 0.05) is 0 Å². The number of benzene rings is 3. The number of amides is 1. The van der Waals surface area contributed by atoms with Crippen molar-refractivity contribution in [3.63, 3.8) is 0 Å². The van der Waals surface area contributed by atoms with Crippen LogP contribution in [0.5, 0.6) is 5.75 Å². The van der Waals surface area contributed by atoms with Crippen LogP contribution in [0.1, 0.15) is 42.4 Å². The van der Waals surface area contributed by atoms with E-state index in [0.29, 0.717) is 24.3 Å². The van der Waals surface area contributed by atoms with Gasteiger partial charge in [0.25, 0.3) is 0 Å². The Morgan fingerprint density at radius 1 is 1.03 bits per heavy atom. The first-order valence-corrected chi connectivity index (χ1v) is 12.7. The lowest BCUT2D eigenvalue weighted by atomic mass is 10.1. The molecule has 0 aromatic heterocycles. The molecule has 34 heavy (non-hydrogen) atoms. The molecule has 3 aromatic carbocycles. The molecular formula is C26H27FN2O4S. The third kappa shape index (κ3) is 5.46. The second-order valence-electron chi connectivity index (χ2n) is 8.28. The van der Waals surface area contributed by atoms with Gasteiger partial charge in [-0.25, -0.2) is 12.8 Å². The maximum absolute atomic E-state index is 13.6. The SMILES string of the molecule is C[C@@H](Oc1cccc([C@@H](NC(=O)C2CCCN2)S(=O)(=O)c2ccc(F)cc2)c1)c1ccccc1. The summed E-state index contributed by atoms with van der Waals surface area (Å²) in [6.45, 7) is 2.61. The Morgan fingerprint density at radius 2 is 1.74 bits per heavy atom. The Morgan fingerprint density at radius 3 is 2.41 bits per heavy atom. The van der Waals surface area contributed by atoms with Crippen molar-refractivity contribution in [1.29, 1.82) is 0 Å². The average Bonchev–Trinajstić information content (AvgIpc) is 3.38. The normalized spacial score (nSPS) is 17.6. The molecule has 2 N–H and O–H groups in total. The first-order valence-electron chi connectivity index (χ1n) is 11.2.